The van der Waals surface area contributed by atoms with E-state index < -0.39 is 5.57 Å². The standard InChI is InChI=1S/C16H14ClF2NO2/c1-11(12-6-3-2-4-7-12)15(21)20-13-8-5-9-14(10-13)22-16(17,18)19/h2-11H,1H3,(H,20,21). The number of carbonyl (C=O) groups excluding carboxylic acids is 1. The van der Waals surface area contributed by atoms with Crippen LogP contribution in [0.1, 0.15) is 18.4 Å². The average molecular weight is 326 g/mol. The first-order chi connectivity index (χ1) is 10.3. The van der Waals surface area contributed by atoms with Gasteiger partial charge in [-0.25, -0.2) is 0 Å². The highest BCUT2D eigenvalue weighted by molar-refractivity contribution is 6.20. The Kier molecular flexibility index (Phi) is 4.98. The van der Waals surface area contributed by atoms with E-state index in [2.05, 4.69) is 10.1 Å². The van der Waals surface area contributed by atoms with Crippen LogP contribution >= 0.6 is 11.6 Å². The van der Waals surface area contributed by atoms with Gasteiger partial charge in [-0.15, -0.1) is 8.78 Å². The van der Waals surface area contributed by atoms with Crippen LogP contribution in [0.2, 0.25) is 0 Å². The van der Waals surface area contributed by atoms with Gasteiger partial charge in [-0.3, -0.25) is 4.79 Å². The molecule has 0 spiro atoms. The first-order valence-electron chi connectivity index (χ1n) is 6.57. The van der Waals surface area contributed by atoms with E-state index in [1.807, 2.05) is 30.3 Å². The van der Waals surface area contributed by atoms with Crippen LogP contribution in [0.4, 0.5) is 14.5 Å². The molecule has 0 aromatic heterocycles. The van der Waals surface area contributed by atoms with Crippen LogP contribution < -0.4 is 10.1 Å². The summed E-state index contributed by atoms with van der Waals surface area (Å²) in [5, 5.41) is 2.66. The minimum absolute atomic E-state index is 0.134. The summed E-state index contributed by atoms with van der Waals surface area (Å²) in [6.45, 7) is 1.76. The molecule has 0 aliphatic rings. The Bertz CT molecular complexity index is 644. The normalized spacial score (nSPS) is 12.5. The van der Waals surface area contributed by atoms with Crippen molar-refractivity contribution < 1.29 is 18.3 Å². The molecule has 0 aliphatic heterocycles. The van der Waals surface area contributed by atoms with Crippen LogP contribution in [0.25, 0.3) is 0 Å². The molecule has 0 saturated heterocycles. The second-order valence-corrected chi connectivity index (χ2v) is 5.14. The van der Waals surface area contributed by atoms with E-state index in [1.54, 1.807) is 13.0 Å². The SMILES string of the molecule is CC(C(=O)Nc1cccc(OC(F)(F)Cl)c1)c1ccccc1. The van der Waals surface area contributed by atoms with Crippen molar-refractivity contribution in [2.75, 3.05) is 5.32 Å². The quantitative estimate of drug-likeness (QED) is 0.816. The number of rotatable bonds is 5. The highest BCUT2D eigenvalue weighted by Gasteiger charge is 2.27. The molecular formula is C16H14ClF2NO2. The van der Waals surface area contributed by atoms with Crippen molar-refractivity contribution >= 4 is 23.2 Å². The van der Waals surface area contributed by atoms with Gasteiger partial charge in [0.1, 0.15) is 5.75 Å². The van der Waals surface area contributed by atoms with Gasteiger partial charge in [0.2, 0.25) is 5.91 Å². The van der Waals surface area contributed by atoms with Crippen molar-refractivity contribution in [2.45, 2.75) is 18.4 Å². The lowest BCUT2D eigenvalue weighted by molar-refractivity contribution is -0.117. The van der Waals surface area contributed by atoms with Gasteiger partial charge in [-0.05, 0) is 24.6 Å². The fraction of sp³-hybridized carbons (Fsp3) is 0.188. The highest BCUT2D eigenvalue weighted by atomic mass is 35.5. The van der Waals surface area contributed by atoms with Crippen molar-refractivity contribution in [1.29, 1.82) is 0 Å². The number of halogens is 3. The maximum Gasteiger partial charge on any atom is 0.487 e. The number of hydrogen-bond donors (Lipinski definition) is 1. The molecule has 1 unspecified atom stereocenters. The van der Waals surface area contributed by atoms with Crippen LogP contribution in [0.15, 0.2) is 54.6 Å². The Labute approximate surface area is 131 Å². The first kappa shape index (κ1) is 16.2. The molecule has 0 aliphatic carbocycles. The molecule has 0 bridgehead atoms. The molecule has 2 aromatic carbocycles. The number of anilines is 1. The Morgan fingerprint density at radius 1 is 1.18 bits per heavy atom. The number of alkyl halides is 3. The van der Waals surface area contributed by atoms with Gasteiger partial charge in [0.15, 0.2) is 0 Å². The summed E-state index contributed by atoms with van der Waals surface area (Å²) < 4.78 is 29.5. The van der Waals surface area contributed by atoms with Gasteiger partial charge in [0, 0.05) is 23.4 Å². The summed E-state index contributed by atoms with van der Waals surface area (Å²) >= 11 is 4.71. The van der Waals surface area contributed by atoms with Gasteiger partial charge in [-0.2, -0.15) is 0 Å². The maximum atomic E-state index is 12.6. The average Bonchev–Trinajstić information content (AvgIpc) is 2.46. The largest absolute Gasteiger partial charge is 0.487 e. The number of benzene rings is 2. The number of hydrogen-bond acceptors (Lipinski definition) is 2. The van der Waals surface area contributed by atoms with Crippen LogP contribution in [0, 0.1) is 0 Å². The van der Waals surface area contributed by atoms with Gasteiger partial charge >= 0.3 is 5.57 Å². The van der Waals surface area contributed by atoms with Crippen LogP contribution in [0.5, 0.6) is 5.75 Å². The van der Waals surface area contributed by atoms with Crippen LogP contribution in [-0.4, -0.2) is 11.5 Å². The lowest BCUT2D eigenvalue weighted by Crippen LogP contribution is -2.19. The molecule has 6 heteroatoms. The Hall–Kier alpha value is -2.14. The third-order valence-electron chi connectivity index (χ3n) is 3.03. The van der Waals surface area contributed by atoms with Crippen molar-refractivity contribution in [2.24, 2.45) is 0 Å². The molecule has 22 heavy (non-hydrogen) atoms. The summed E-state index contributed by atoms with van der Waals surface area (Å²) in [6, 6.07) is 14.9. The predicted molar refractivity (Wildman–Crippen MR) is 81.4 cm³/mol. The van der Waals surface area contributed by atoms with Crippen molar-refractivity contribution in [3.8, 4) is 5.75 Å². The summed E-state index contributed by atoms with van der Waals surface area (Å²) in [7, 11) is 0. The second kappa shape index (κ2) is 6.75. The zero-order valence-corrected chi connectivity index (χ0v) is 12.5. The molecule has 0 fully saturated rings. The zero-order chi connectivity index (χ0) is 16.2. The van der Waals surface area contributed by atoms with Crippen LogP contribution in [0.3, 0.4) is 0 Å². The number of amides is 1. The zero-order valence-electron chi connectivity index (χ0n) is 11.7. The lowest BCUT2D eigenvalue weighted by atomic mass is 10.0. The van der Waals surface area contributed by atoms with Crippen LogP contribution in [-0.2, 0) is 4.79 Å². The highest BCUT2D eigenvalue weighted by Crippen LogP contribution is 2.27. The van der Waals surface area contributed by atoms with Crippen molar-refractivity contribution in [3.05, 3.63) is 60.2 Å². The van der Waals surface area contributed by atoms with Crippen molar-refractivity contribution in [1.82, 2.24) is 0 Å². The minimum Gasteiger partial charge on any atom is -0.420 e. The predicted octanol–water partition coefficient (Wildman–Crippen LogP) is 4.60. The van der Waals surface area contributed by atoms with E-state index in [9.17, 15) is 13.6 Å². The Balaban J connectivity index is 2.07. The third kappa shape index (κ3) is 4.70. The molecule has 2 rings (SSSR count). The third-order valence-corrected chi connectivity index (χ3v) is 3.11. The van der Waals surface area contributed by atoms with E-state index in [0.29, 0.717) is 5.69 Å². The fourth-order valence-electron chi connectivity index (χ4n) is 1.91. The molecule has 1 N–H and O–H groups in total. The second-order valence-electron chi connectivity index (χ2n) is 4.70. The summed E-state index contributed by atoms with van der Waals surface area (Å²) in [6.07, 6.45) is 0. The van der Waals surface area contributed by atoms with Gasteiger partial charge in [0.25, 0.3) is 0 Å². The molecule has 0 heterocycles. The molecule has 116 valence electrons. The minimum atomic E-state index is -3.79. The number of ether oxygens (including phenoxy) is 1. The molecule has 0 saturated carbocycles. The molecule has 0 radical (unpaired) electrons. The van der Waals surface area contributed by atoms with Crippen molar-refractivity contribution in [3.63, 3.8) is 0 Å². The fourth-order valence-corrected chi connectivity index (χ4v) is 2.00. The molecule has 3 nitrogen and oxygen atoms in total. The molecular weight excluding hydrogens is 312 g/mol. The summed E-state index contributed by atoms with van der Waals surface area (Å²) in [5.74, 6) is -0.758. The van der Waals surface area contributed by atoms with E-state index in [4.69, 9.17) is 11.6 Å². The summed E-state index contributed by atoms with van der Waals surface area (Å²) in [4.78, 5) is 12.2. The van der Waals surface area contributed by atoms with E-state index in [1.165, 1.54) is 18.2 Å². The summed E-state index contributed by atoms with van der Waals surface area (Å²) in [5.41, 5.74) is -2.58. The van der Waals surface area contributed by atoms with Gasteiger partial charge in [0.05, 0.1) is 5.92 Å². The number of nitrogens with one attached hydrogen (secondary N) is 1. The first-order valence-corrected chi connectivity index (χ1v) is 6.94. The monoisotopic (exact) mass is 325 g/mol. The number of carbonyl (C=O) groups is 1. The molecule has 1 atom stereocenters. The van der Waals surface area contributed by atoms with E-state index in [0.717, 1.165) is 5.56 Å². The Morgan fingerprint density at radius 2 is 1.86 bits per heavy atom. The molecule has 1 amide bonds. The molecule has 2 aromatic rings. The van der Waals surface area contributed by atoms with Gasteiger partial charge in [-0.1, -0.05) is 36.4 Å². The van der Waals surface area contributed by atoms with Gasteiger partial charge < -0.3 is 10.1 Å². The van der Waals surface area contributed by atoms with E-state index in [-0.39, 0.29) is 17.6 Å². The lowest BCUT2D eigenvalue weighted by Gasteiger charge is -2.14. The smallest absolute Gasteiger partial charge is 0.420 e. The Morgan fingerprint density at radius 3 is 2.50 bits per heavy atom. The van der Waals surface area contributed by atoms with E-state index >= 15 is 0 Å². The topological polar surface area (TPSA) is 38.3 Å². The maximum absolute atomic E-state index is 12.6.